The molecule has 0 aliphatic carbocycles. The van der Waals surface area contributed by atoms with Gasteiger partial charge in [-0.05, 0) is 41.0 Å². The largest absolute Gasteiger partial charge is 0.461 e. The van der Waals surface area contributed by atoms with Crippen molar-refractivity contribution in [3.63, 3.8) is 0 Å². The van der Waals surface area contributed by atoms with Crippen LogP contribution in [0.25, 0.3) is 6.08 Å². The molecule has 3 aliphatic rings. The lowest BCUT2D eigenvalue weighted by molar-refractivity contribution is -0.384. The lowest BCUT2D eigenvalue weighted by Gasteiger charge is -2.38. The second kappa shape index (κ2) is 8.60. The van der Waals surface area contributed by atoms with Crippen LogP contribution < -0.4 is 5.32 Å². The van der Waals surface area contributed by atoms with Crippen molar-refractivity contribution in [3.05, 3.63) is 136 Å². The van der Waals surface area contributed by atoms with E-state index < -0.39 is 45.8 Å². The summed E-state index contributed by atoms with van der Waals surface area (Å²) in [4.78, 5) is 55.9. The smallest absolute Gasteiger partial charge is 0.270 e. The van der Waals surface area contributed by atoms with E-state index >= 15 is 0 Å². The number of carbonyl (C=O) groups excluding carboxylic acids is 3. The van der Waals surface area contributed by atoms with E-state index in [2.05, 4.69) is 5.32 Å². The summed E-state index contributed by atoms with van der Waals surface area (Å²) < 4.78 is 5.52. The van der Waals surface area contributed by atoms with Crippen molar-refractivity contribution >= 4 is 34.9 Å². The van der Waals surface area contributed by atoms with E-state index in [0.717, 1.165) is 11.1 Å². The van der Waals surface area contributed by atoms with Crippen molar-refractivity contribution in [1.29, 1.82) is 0 Å². The molecule has 196 valence electrons. The van der Waals surface area contributed by atoms with Gasteiger partial charge in [0.05, 0.1) is 23.1 Å². The normalized spacial score (nSPS) is 23.9. The van der Waals surface area contributed by atoms with Gasteiger partial charge in [0.15, 0.2) is 11.5 Å². The SMILES string of the molecule is O=C(c1cccc([N+](=O)[O-])c1)[C@@H]1[C@H](C(=O)c2ccco2)[C@]2(C(=O)Nc3ccccc32)[C@H]2c3ccccc3C=CN12. The summed E-state index contributed by atoms with van der Waals surface area (Å²) in [5, 5.41) is 14.5. The van der Waals surface area contributed by atoms with Crippen molar-refractivity contribution < 1.29 is 23.7 Å². The molecule has 1 N–H and O–H groups in total. The van der Waals surface area contributed by atoms with Crippen LogP contribution in [0.5, 0.6) is 0 Å². The summed E-state index contributed by atoms with van der Waals surface area (Å²) in [6.07, 6.45) is 4.97. The molecule has 7 rings (SSSR count). The van der Waals surface area contributed by atoms with Gasteiger partial charge in [-0.1, -0.05) is 54.6 Å². The molecular weight excluding hydrogens is 510 g/mol. The highest BCUT2D eigenvalue weighted by Gasteiger charge is 2.71. The lowest BCUT2D eigenvalue weighted by atomic mass is 9.63. The highest BCUT2D eigenvalue weighted by molar-refractivity contribution is 6.16. The number of rotatable bonds is 5. The highest BCUT2D eigenvalue weighted by atomic mass is 16.6. The van der Waals surface area contributed by atoms with Crippen LogP contribution in [-0.4, -0.2) is 33.3 Å². The standard InChI is InChI=1S/C31H21N3O6/c35-27(19-8-5-9-20(17-19)34(38)39)26-25(28(36)24-13-6-16-40-24)31(22-11-3-4-12-23(22)32-30(31)37)29-21-10-2-1-7-18(21)14-15-33(26)29/h1-17,25-26,29H,(H,32,37)/t25-,26+,29-,31+/m1/s1. The maximum Gasteiger partial charge on any atom is 0.270 e. The predicted molar refractivity (Wildman–Crippen MR) is 145 cm³/mol. The number of benzene rings is 3. The Hall–Kier alpha value is -5.31. The zero-order valence-corrected chi connectivity index (χ0v) is 20.9. The highest BCUT2D eigenvalue weighted by Crippen LogP contribution is 2.62. The number of fused-ring (bicyclic) bond motifs is 6. The Balaban J connectivity index is 1.53. The Morgan fingerprint density at radius 3 is 2.55 bits per heavy atom. The van der Waals surface area contributed by atoms with Gasteiger partial charge in [0, 0.05) is 29.6 Å². The minimum Gasteiger partial charge on any atom is -0.461 e. The van der Waals surface area contributed by atoms with Crippen LogP contribution in [0.1, 0.15) is 43.6 Å². The number of hydrogen-bond donors (Lipinski definition) is 1. The van der Waals surface area contributed by atoms with Crippen LogP contribution >= 0.6 is 0 Å². The fourth-order valence-electron chi connectivity index (χ4n) is 6.68. The molecule has 4 heterocycles. The number of anilines is 1. The molecule has 4 atom stereocenters. The van der Waals surface area contributed by atoms with Crippen molar-refractivity contribution in [2.24, 2.45) is 5.92 Å². The third kappa shape index (κ3) is 3.11. The van der Waals surface area contributed by atoms with E-state index in [4.69, 9.17) is 4.42 Å². The van der Waals surface area contributed by atoms with E-state index in [1.165, 1.54) is 36.6 Å². The molecule has 3 aromatic carbocycles. The van der Waals surface area contributed by atoms with Gasteiger partial charge in [-0.3, -0.25) is 24.5 Å². The first-order chi connectivity index (χ1) is 19.4. The molecule has 1 amide bonds. The second-order valence-corrected chi connectivity index (χ2v) is 10.1. The van der Waals surface area contributed by atoms with Gasteiger partial charge in [0.1, 0.15) is 11.5 Å². The molecule has 0 unspecified atom stereocenters. The monoisotopic (exact) mass is 531 g/mol. The Morgan fingerprint density at radius 1 is 0.950 bits per heavy atom. The molecule has 4 aromatic rings. The van der Waals surface area contributed by atoms with Crippen molar-refractivity contribution in [1.82, 2.24) is 4.90 Å². The van der Waals surface area contributed by atoms with Crippen LogP contribution in [0.4, 0.5) is 11.4 Å². The summed E-state index contributed by atoms with van der Waals surface area (Å²) in [7, 11) is 0. The van der Waals surface area contributed by atoms with Gasteiger partial charge in [-0.15, -0.1) is 0 Å². The maximum atomic E-state index is 14.4. The number of carbonyl (C=O) groups is 3. The quantitative estimate of drug-likeness (QED) is 0.214. The predicted octanol–water partition coefficient (Wildman–Crippen LogP) is 5.17. The molecule has 9 heteroatoms. The summed E-state index contributed by atoms with van der Waals surface area (Å²) in [6, 6.07) is 21.5. The summed E-state index contributed by atoms with van der Waals surface area (Å²) in [5.41, 5.74) is 1.18. The molecule has 1 saturated heterocycles. The number of nitrogens with one attached hydrogen (secondary N) is 1. The average Bonchev–Trinajstić information content (AvgIpc) is 3.69. The summed E-state index contributed by atoms with van der Waals surface area (Å²) >= 11 is 0. The molecule has 0 saturated carbocycles. The molecule has 0 bridgehead atoms. The molecule has 40 heavy (non-hydrogen) atoms. The van der Waals surface area contributed by atoms with Gasteiger partial charge in [0.2, 0.25) is 11.7 Å². The number of nitro benzene ring substituents is 1. The average molecular weight is 532 g/mol. The molecular formula is C31H21N3O6. The van der Waals surface area contributed by atoms with Crippen LogP contribution in [-0.2, 0) is 10.2 Å². The fourth-order valence-corrected chi connectivity index (χ4v) is 6.68. The number of furan rings is 1. The zero-order chi connectivity index (χ0) is 27.6. The van der Waals surface area contributed by atoms with E-state index in [1.54, 1.807) is 35.4 Å². The van der Waals surface area contributed by atoms with Gasteiger partial charge in [0.25, 0.3) is 5.69 Å². The zero-order valence-electron chi connectivity index (χ0n) is 20.9. The van der Waals surface area contributed by atoms with E-state index in [-0.39, 0.29) is 17.0 Å². The number of para-hydroxylation sites is 1. The maximum absolute atomic E-state index is 14.4. The van der Waals surface area contributed by atoms with Crippen molar-refractivity contribution in [2.75, 3.05) is 5.32 Å². The number of nitro groups is 1. The Labute approximate surface area is 227 Å². The van der Waals surface area contributed by atoms with Crippen LogP contribution in [0.3, 0.4) is 0 Å². The molecule has 9 nitrogen and oxygen atoms in total. The molecule has 1 aromatic heterocycles. The molecule has 1 fully saturated rings. The second-order valence-electron chi connectivity index (χ2n) is 10.1. The molecule has 3 aliphatic heterocycles. The molecule has 1 spiro atoms. The van der Waals surface area contributed by atoms with Crippen LogP contribution in [0, 0.1) is 16.0 Å². The number of nitrogens with zero attached hydrogens (tertiary/aromatic N) is 2. The van der Waals surface area contributed by atoms with Gasteiger partial charge < -0.3 is 14.6 Å². The van der Waals surface area contributed by atoms with Crippen LogP contribution in [0.2, 0.25) is 0 Å². The van der Waals surface area contributed by atoms with Gasteiger partial charge in [-0.2, -0.15) is 0 Å². The minimum absolute atomic E-state index is 0.0236. The first kappa shape index (κ1) is 23.8. The Morgan fingerprint density at radius 2 is 1.75 bits per heavy atom. The fraction of sp³-hybridized carbons (Fsp3) is 0.129. The summed E-state index contributed by atoms with van der Waals surface area (Å²) in [6.45, 7) is 0. The first-order valence-electron chi connectivity index (χ1n) is 12.7. The van der Waals surface area contributed by atoms with E-state index in [9.17, 15) is 24.5 Å². The third-order valence-corrected chi connectivity index (χ3v) is 8.23. The number of Topliss-reactive ketones (excluding diaryl/α,β-unsaturated/α-hetero) is 2. The third-order valence-electron chi connectivity index (χ3n) is 8.23. The van der Waals surface area contributed by atoms with E-state index in [1.807, 2.05) is 36.4 Å². The number of ketones is 2. The van der Waals surface area contributed by atoms with E-state index in [0.29, 0.717) is 11.3 Å². The number of hydrogen-bond acceptors (Lipinski definition) is 7. The molecule has 0 radical (unpaired) electrons. The van der Waals surface area contributed by atoms with Gasteiger partial charge in [-0.25, -0.2) is 0 Å². The van der Waals surface area contributed by atoms with Crippen LogP contribution in [0.15, 0.2) is 102 Å². The first-order valence-corrected chi connectivity index (χ1v) is 12.7. The summed E-state index contributed by atoms with van der Waals surface area (Å²) in [5.74, 6) is -2.59. The van der Waals surface area contributed by atoms with Gasteiger partial charge >= 0.3 is 0 Å². The lowest BCUT2D eigenvalue weighted by Crippen LogP contribution is -2.49. The topological polar surface area (TPSA) is 123 Å². The Bertz CT molecular complexity index is 1760. The Kier molecular flexibility index (Phi) is 5.11. The van der Waals surface area contributed by atoms with Crippen molar-refractivity contribution in [3.8, 4) is 0 Å². The van der Waals surface area contributed by atoms with Crippen molar-refractivity contribution in [2.45, 2.75) is 17.5 Å². The number of amides is 1. The number of non-ortho nitro benzene ring substituents is 1. The minimum atomic E-state index is -1.50.